The first kappa shape index (κ1) is 23.4. The third-order valence-electron chi connectivity index (χ3n) is 6.73. The van der Waals surface area contributed by atoms with Crippen LogP contribution in [0.15, 0.2) is 54.6 Å². The van der Waals surface area contributed by atoms with E-state index in [9.17, 15) is 14.0 Å². The van der Waals surface area contributed by atoms with Crippen LogP contribution in [0.1, 0.15) is 37.8 Å². The van der Waals surface area contributed by atoms with Gasteiger partial charge in [0, 0.05) is 44.5 Å². The molecule has 2 aromatic carbocycles. The van der Waals surface area contributed by atoms with Crippen molar-refractivity contribution in [3.63, 3.8) is 0 Å². The number of benzene rings is 2. The van der Waals surface area contributed by atoms with Crippen molar-refractivity contribution >= 4 is 17.5 Å². The zero-order valence-electron chi connectivity index (χ0n) is 19.3. The van der Waals surface area contributed by atoms with Crippen LogP contribution in [-0.4, -0.2) is 71.8 Å². The Balaban J connectivity index is 1.39. The second kappa shape index (κ2) is 10.9. The lowest BCUT2D eigenvalue weighted by atomic mass is 10.0. The van der Waals surface area contributed by atoms with Crippen LogP contribution in [0.5, 0.6) is 0 Å². The fraction of sp³-hybridized carbons (Fsp3) is 0.462. The molecule has 2 atom stereocenters. The maximum Gasteiger partial charge on any atom is 0.246 e. The molecule has 0 radical (unpaired) electrons. The average Bonchev–Trinajstić information content (AvgIpc) is 2.83. The summed E-state index contributed by atoms with van der Waals surface area (Å²) in [4.78, 5) is 32.5. The lowest BCUT2D eigenvalue weighted by Crippen LogP contribution is -2.53. The zero-order valence-corrected chi connectivity index (χ0v) is 19.3. The van der Waals surface area contributed by atoms with Gasteiger partial charge in [0.05, 0.1) is 6.54 Å². The number of piperazine rings is 1. The maximum absolute atomic E-state index is 13.3. The van der Waals surface area contributed by atoms with Crippen molar-refractivity contribution in [2.24, 2.45) is 0 Å². The summed E-state index contributed by atoms with van der Waals surface area (Å²) in [7, 11) is 0. The molecule has 2 fully saturated rings. The van der Waals surface area contributed by atoms with E-state index in [2.05, 4.69) is 22.0 Å². The first-order valence-corrected chi connectivity index (χ1v) is 11.9. The number of hydrogen-bond acceptors (Lipinski definition) is 4. The predicted octanol–water partition coefficient (Wildman–Crippen LogP) is 3.52. The Hall–Kier alpha value is -2.77. The molecule has 0 bridgehead atoms. The molecule has 2 aliphatic heterocycles. The molecule has 2 aliphatic rings. The van der Waals surface area contributed by atoms with E-state index in [-0.39, 0.29) is 17.6 Å². The van der Waals surface area contributed by atoms with Crippen LogP contribution in [0.4, 0.5) is 10.1 Å². The van der Waals surface area contributed by atoms with Gasteiger partial charge in [0.15, 0.2) is 0 Å². The summed E-state index contributed by atoms with van der Waals surface area (Å²) in [5.74, 6) is -0.263. The number of halogens is 1. The molecule has 2 saturated heterocycles. The van der Waals surface area contributed by atoms with Gasteiger partial charge in [-0.1, -0.05) is 30.3 Å². The standard InChI is InChI=1S/C26H33FN4O2/c1-20-7-5-6-14-31(20)24(32)19-29-15-17-30(18-16-29)25(21-8-3-2-4-9-21)26(33)28-23-12-10-22(27)11-13-23/h2-4,8-13,20,25H,5-7,14-19H2,1H3,(H,28,33). The van der Waals surface area contributed by atoms with Crippen molar-refractivity contribution < 1.29 is 14.0 Å². The molecule has 2 heterocycles. The number of piperidine rings is 1. The van der Waals surface area contributed by atoms with Gasteiger partial charge in [-0.15, -0.1) is 0 Å². The minimum atomic E-state index is -0.448. The molecule has 2 unspecified atom stereocenters. The van der Waals surface area contributed by atoms with Crippen molar-refractivity contribution in [3.8, 4) is 0 Å². The molecule has 0 aromatic heterocycles. The summed E-state index contributed by atoms with van der Waals surface area (Å²) in [6.07, 6.45) is 3.37. The van der Waals surface area contributed by atoms with Crippen LogP contribution >= 0.6 is 0 Å². The fourth-order valence-corrected chi connectivity index (χ4v) is 4.84. The second-order valence-electron chi connectivity index (χ2n) is 9.05. The smallest absolute Gasteiger partial charge is 0.246 e. The molecule has 2 aromatic rings. The zero-order chi connectivity index (χ0) is 23.2. The Bertz CT molecular complexity index is 929. The normalized spacial score (nSPS) is 20.9. The molecule has 0 aliphatic carbocycles. The average molecular weight is 453 g/mol. The van der Waals surface area contributed by atoms with Gasteiger partial charge in [-0.25, -0.2) is 4.39 Å². The molecule has 0 saturated carbocycles. The van der Waals surface area contributed by atoms with Crippen molar-refractivity contribution in [1.29, 1.82) is 0 Å². The minimum absolute atomic E-state index is 0.139. The van der Waals surface area contributed by atoms with E-state index in [0.29, 0.717) is 31.4 Å². The van der Waals surface area contributed by atoms with Crippen LogP contribution in [0.25, 0.3) is 0 Å². The lowest BCUT2D eigenvalue weighted by Gasteiger charge is -2.40. The number of rotatable bonds is 6. The number of hydrogen-bond donors (Lipinski definition) is 1. The van der Waals surface area contributed by atoms with Crippen LogP contribution in [0.2, 0.25) is 0 Å². The number of amides is 2. The third kappa shape index (κ3) is 5.97. The van der Waals surface area contributed by atoms with Gasteiger partial charge < -0.3 is 10.2 Å². The summed E-state index contributed by atoms with van der Waals surface area (Å²) in [5.41, 5.74) is 1.49. The summed E-state index contributed by atoms with van der Waals surface area (Å²) in [6.45, 7) is 6.30. The van der Waals surface area contributed by atoms with Gasteiger partial charge in [-0.05, 0) is 56.0 Å². The van der Waals surface area contributed by atoms with Crippen molar-refractivity contribution in [1.82, 2.24) is 14.7 Å². The summed E-state index contributed by atoms with van der Waals surface area (Å²) in [6, 6.07) is 15.4. The van der Waals surface area contributed by atoms with Crippen molar-refractivity contribution in [3.05, 3.63) is 66.0 Å². The van der Waals surface area contributed by atoms with Crippen LogP contribution < -0.4 is 5.32 Å². The molecular formula is C26H33FN4O2. The number of anilines is 1. The fourth-order valence-electron chi connectivity index (χ4n) is 4.84. The van der Waals surface area contributed by atoms with Crippen LogP contribution in [-0.2, 0) is 9.59 Å². The number of likely N-dealkylation sites (tertiary alicyclic amines) is 1. The second-order valence-corrected chi connectivity index (χ2v) is 9.05. The van der Waals surface area contributed by atoms with Gasteiger partial charge >= 0.3 is 0 Å². The van der Waals surface area contributed by atoms with Gasteiger partial charge in [0.25, 0.3) is 0 Å². The first-order chi connectivity index (χ1) is 16.0. The van der Waals surface area contributed by atoms with Gasteiger partial charge in [-0.2, -0.15) is 0 Å². The highest BCUT2D eigenvalue weighted by Gasteiger charge is 2.32. The topological polar surface area (TPSA) is 55.9 Å². The van der Waals surface area contributed by atoms with Gasteiger partial charge in [0.2, 0.25) is 11.8 Å². The quantitative estimate of drug-likeness (QED) is 0.729. The van der Waals surface area contributed by atoms with E-state index in [1.165, 1.54) is 18.6 Å². The Morgan fingerprint density at radius 2 is 1.67 bits per heavy atom. The highest BCUT2D eigenvalue weighted by atomic mass is 19.1. The Kier molecular flexibility index (Phi) is 7.73. The number of nitrogens with one attached hydrogen (secondary N) is 1. The number of nitrogens with zero attached hydrogens (tertiary/aromatic N) is 3. The predicted molar refractivity (Wildman–Crippen MR) is 127 cm³/mol. The Morgan fingerprint density at radius 1 is 0.970 bits per heavy atom. The molecule has 1 N–H and O–H groups in total. The molecule has 176 valence electrons. The number of carbonyl (C=O) groups excluding carboxylic acids is 2. The monoisotopic (exact) mass is 452 g/mol. The van der Waals surface area contributed by atoms with Crippen LogP contribution in [0.3, 0.4) is 0 Å². The molecule has 33 heavy (non-hydrogen) atoms. The molecule has 6 nitrogen and oxygen atoms in total. The Morgan fingerprint density at radius 3 is 2.33 bits per heavy atom. The summed E-state index contributed by atoms with van der Waals surface area (Å²) >= 11 is 0. The van der Waals surface area contributed by atoms with E-state index < -0.39 is 6.04 Å². The van der Waals surface area contributed by atoms with Crippen LogP contribution in [0, 0.1) is 5.82 Å². The highest BCUT2D eigenvalue weighted by molar-refractivity contribution is 5.95. The van der Waals surface area contributed by atoms with E-state index in [1.54, 1.807) is 12.1 Å². The van der Waals surface area contributed by atoms with E-state index in [1.807, 2.05) is 35.2 Å². The summed E-state index contributed by atoms with van der Waals surface area (Å²) in [5, 5.41) is 2.93. The maximum atomic E-state index is 13.3. The molecule has 7 heteroatoms. The largest absolute Gasteiger partial charge is 0.339 e. The van der Waals surface area contributed by atoms with E-state index in [4.69, 9.17) is 0 Å². The van der Waals surface area contributed by atoms with Gasteiger partial charge in [0.1, 0.15) is 11.9 Å². The van der Waals surface area contributed by atoms with Crippen molar-refractivity contribution in [2.45, 2.75) is 38.3 Å². The number of carbonyl (C=O) groups is 2. The van der Waals surface area contributed by atoms with E-state index in [0.717, 1.165) is 38.0 Å². The summed E-state index contributed by atoms with van der Waals surface area (Å²) < 4.78 is 13.3. The SMILES string of the molecule is CC1CCCCN1C(=O)CN1CCN(C(C(=O)Nc2ccc(F)cc2)c2ccccc2)CC1. The molecule has 4 rings (SSSR count). The minimum Gasteiger partial charge on any atom is -0.339 e. The molecular weight excluding hydrogens is 419 g/mol. The molecule has 2 amide bonds. The van der Waals surface area contributed by atoms with Crippen molar-refractivity contribution in [2.75, 3.05) is 44.6 Å². The first-order valence-electron chi connectivity index (χ1n) is 11.9. The third-order valence-corrected chi connectivity index (χ3v) is 6.73. The van der Waals surface area contributed by atoms with E-state index >= 15 is 0 Å². The molecule has 0 spiro atoms. The Labute approximate surface area is 195 Å². The lowest BCUT2D eigenvalue weighted by molar-refractivity contribution is -0.136. The highest BCUT2D eigenvalue weighted by Crippen LogP contribution is 2.25. The van der Waals surface area contributed by atoms with Gasteiger partial charge in [-0.3, -0.25) is 19.4 Å².